The van der Waals surface area contributed by atoms with Crippen LogP contribution in [0.3, 0.4) is 0 Å². The van der Waals surface area contributed by atoms with E-state index in [-0.39, 0.29) is 24.7 Å². The summed E-state index contributed by atoms with van der Waals surface area (Å²) in [5, 5.41) is 3.58. The Bertz CT molecular complexity index is 638. The number of unbranched alkanes of at least 4 members (excludes halogenated alkanes) is 2. The molecule has 1 heterocycles. The maximum absolute atomic E-state index is 11.9. The molecule has 156 valence electrons. The molecule has 8 heteroatoms. The number of amides is 1. The van der Waals surface area contributed by atoms with Gasteiger partial charge in [-0.25, -0.2) is 9.59 Å². The number of allylic oxidation sites excluding steroid dienone is 2. The number of hydrogen-bond acceptors (Lipinski definition) is 7. The molecule has 0 unspecified atom stereocenters. The van der Waals surface area contributed by atoms with E-state index >= 15 is 0 Å². The van der Waals surface area contributed by atoms with Gasteiger partial charge in [-0.05, 0) is 13.3 Å². The lowest BCUT2D eigenvalue weighted by Gasteiger charge is -2.13. The van der Waals surface area contributed by atoms with Gasteiger partial charge in [-0.3, -0.25) is 0 Å². The quantitative estimate of drug-likeness (QED) is 0.286. The van der Waals surface area contributed by atoms with Gasteiger partial charge in [0.05, 0.1) is 13.2 Å². The summed E-state index contributed by atoms with van der Waals surface area (Å²) < 4.78 is 20.3. The van der Waals surface area contributed by atoms with Crippen molar-refractivity contribution in [1.29, 1.82) is 0 Å². The Labute approximate surface area is 166 Å². The molecule has 0 saturated carbocycles. The van der Waals surface area contributed by atoms with Crippen LogP contribution in [0.15, 0.2) is 34.9 Å². The normalized spacial score (nSPS) is 11.2. The number of carbonyl (C=O) groups excluding carboxylic acids is 2. The van der Waals surface area contributed by atoms with Gasteiger partial charge < -0.3 is 23.6 Å². The number of likely N-dealkylation sites (N-methyl/N-ethyl adjacent to an activating group) is 1. The van der Waals surface area contributed by atoms with Crippen molar-refractivity contribution in [2.75, 3.05) is 33.4 Å². The molecule has 0 aliphatic rings. The lowest BCUT2D eigenvalue weighted by atomic mass is 10.3. The van der Waals surface area contributed by atoms with E-state index in [1.807, 2.05) is 24.3 Å². The summed E-state index contributed by atoms with van der Waals surface area (Å²) in [7, 11) is 1.62. The van der Waals surface area contributed by atoms with Crippen molar-refractivity contribution in [1.82, 2.24) is 10.1 Å². The van der Waals surface area contributed by atoms with Crippen molar-refractivity contribution in [2.45, 2.75) is 39.7 Å². The molecule has 0 atom stereocenters. The second kappa shape index (κ2) is 14.4. The summed E-state index contributed by atoms with van der Waals surface area (Å²) >= 11 is 0. The molecule has 0 bridgehead atoms. The second-order valence-corrected chi connectivity index (χ2v) is 5.97. The fraction of sp³-hybridized carbons (Fsp3) is 0.550. The SMILES string of the molecule is CCCCCOC/C=C/C=C/CN(C)C(=O)OCc1cc(C(=O)OCC)no1. The minimum Gasteiger partial charge on any atom is -0.461 e. The van der Waals surface area contributed by atoms with Crippen LogP contribution in [-0.4, -0.2) is 55.5 Å². The fourth-order valence-corrected chi connectivity index (χ4v) is 2.04. The van der Waals surface area contributed by atoms with E-state index in [1.54, 1.807) is 14.0 Å². The largest absolute Gasteiger partial charge is 0.461 e. The van der Waals surface area contributed by atoms with Gasteiger partial charge in [-0.2, -0.15) is 0 Å². The van der Waals surface area contributed by atoms with Gasteiger partial charge in [0.25, 0.3) is 0 Å². The molecule has 0 N–H and O–H groups in total. The monoisotopic (exact) mass is 394 g/mol. The molecule has 1 rings (SSSR count). The van der Waals surface area contributed by atoms with Crippen molar-refractivity contribution >= 4 is 12.1 Å². The number of aromatic nitrogens is 1. The maximum Gasteiger partial charge on any atom is 0.410 e. The third-order valence-electron chi connectivity index (χ3n) is 3.56. The van der Waals surface area contributed by atoms with Gasteiger partial charge in [0.2, 0.25) is 0 Å². The highest BCUT2D eigenvalue weighted by atomic mass is 16.6. The Morgan fingerprint density at radius 2 is 1.96 bits per heavy atom. The summed E-state index contributed by atoms with van der Waals surface area (Å²) in [5.41, 5.74) is 0.0466. The molecule has 0 saturated heterocycles. The first-order valence-corrected chi connectivity index (χ1v) is 9.48. The van der Waals surface area contributed by atoms with Gasteiger partial charge in [-0.15, -0.1) is 0 Å². The summed E-state index contributed by atoms with van der Waals surface area (Å²) in [6.07, 6.45) is 10.4. The van der Waals surface area contributed by atoms with Crippen LogP contribution in [0, 0.1) is 0 Å². The van der Waals surface area contributed by atoms with E-state index in [1.165, 1.54) is 23.8 Å². The highest BCUT2D eigenvalue weighted by Crippen LogP contribution is 2.07. The Morgan fingerprint density at radius 1 is 1.18 bits per heavy atom. The van der Waals surface area contributed by atoms with E-state index in [9.17, 15) is 9.59 Å². The lowest BCUT2D eigenvalue weighted by Crippen LogP contribution is -2.27. The van der Waals surface area contributed by atoms with Crippen LogP contribution in [0.25, 0.3) is 0 Å². The van der Waals surface area contributed by atoms with Crippen LogP contribution < -0.4 is 0 Å². The minimum atomic E-state index is -0.578. The summed E-state index contributed by atoms with van der Waals surface area (Å²) in [4.78, 5) is 24.8. The molecule has 0 aliphatic carbocycles. The van der Waals surface area contributed by atoms with Gasteiger partial charge in [0, 0.05) is 26.3 Å². The average Bonchev–Trinajstić information content (AvgIpc) is 3.16. The molecule has 1 aromatic heterocycles. The first kappa shape index (κ1) is 23.4. The lowest BCUT2D eigenvalue weighted by molar-refractivity contribution is 0.0513. The highest BCUT2D eigenvalue weighted by molar-refractivity contribution is 5.87. The second-order valence-electron chi connectivity index (χ2n) is 5.97. The Hall–Kier alpha value is -2.61. The predicted octanol–water partition coefficient (Wildman–Crippen LogP) is 3.74. The van der Waals surface area contributed by atoms with Crippen molar-refractivity contribution in [3.8, 4) is 0 Å². The van der Waals surface area contributed by atoms with Gasteiger partial charge in [-0.1, -0.05) is 49.2 Å². The van der Waals surface area contributed by atoms with E-state index in [2.05, 4.69) is 12.1 Å². The Morgan fingerprint density at radius 3 is 2.71 bits per heavy atom. The highest BCUT2D eigenvalue weighted by Gasteiger charge is 2.15. The van der Waals surface area contributed by atoms with E-state index < -0.39 is 12.1 Å². The van der Waals surface area contributed by atoms with Crippen LogP contribution in [0.5, 0.6) is 0 Å². The molecule has 28 heavy (non-hydrogen) atoms. The number of rotatable bonds is 13. The minimum absolute atomic E-state index is 0.0466. The number of carbonyl (C=O) groups is 2. The zero-order chi connectivity index (χ0) is 20.6. The number of nitrogens with zero attached hydrogens (tertiary/aromatic N) is 2. The fourth-order valence-electron chi connectivity index (χ4n) is 2.04. The molecule has 1 aromatic rings. The van der Waals surface area contributed by atoms with Crippen LogP contribution in [0.1, 0.15) is 49.4 Å². The zero-order valence-corrected chi connectivity index (χ0v) is 16.9. The summed E-state index contributed by atoms with van der Waals surface area (Å²) in [6, 6.07) is 1.39. The van der Waals surface area contributed by atoms with Crippen LogP contribution in [0.4, 0.5) is 4.79 Å². The van der Waals surface area contributed by atoms with Crippen molar-refractivity contribution in [2.24, 2.45) is 0 Å². The first-order valence-electron chi connectivity index (χ1n) is 9.48. The van der Waals surface area contributed by atoms with E-state index in [0.29, 0.717) is 13.2 Å². The number of hydrogen-bond donors (Lipinski definition) is 0. The number of ether oxygens (including phenoxy) is 3. The molecule has 8 nitrogen and oxygen atoms in total. The van der Waals surface area contributed by atoms with Crippen molar-refractivity contribution in [3.05, 3.63) is 41.8 Å². The van der Waals surface area contributed by atoms with Crippen molar-refractivity contribution < 1.29 is 28.3 Å². The molecule has 1 amide bonds. The third kappa shape index (κ3) is 9.91. The van der Waals surface area contributed by atoms with Gasteiger partial charge in [0.15, 0.2) is 18.1 Å². The topological polar surface area (TPSA) is 91.1 Å². The molecule has 0 spiro atoms. The third-order valence-corrected chi connectivity index (χ3v) is 3.56. The van der Waals surface area contributed by atoms with Crippen LogP contribution in [-0.2, 0) is 20.8 Å². The van der Waals surface area contributed by atoms with Gasteiger partial charge in [0.1, 0.15) is 0 Å². The molecule has 0 radical (unpaired) electrons. The maximum atomic E-state index is 11.9. The predicted molar refractivity (Wildman–Crippen MR) is 104 cm³/mol. The van der Waals surface area contributed by atoms with Crippen molar-refractivity contribution in [3.63, 3.8) is 0 Å². The Balaban J connectivity index is 2.22. The molecule has 0 aromatic carbocycles. The standard InChI is InChI=1S/C20H30N2O6/c1-4-6-10-13-25-14-11-8-7-9-12-22(3)20(24)27-16-17-15-18(21-28-17)19(23)26-5-2/h7-9,11,15H,4-6,10,12-14,16H2,1-3H3/b9-7+,11-8+. The smallest absolute Gasteiger partial charge is 0.410 e. The van der Waals surface area contributed by atoms with Crippen LogP contribution in [0.2, 0.25) is 0 Å². The summed E-state index contributed by atoms with van der Waals surface area (Å²) in [5.74, 6) is -0.312. The molecule has 0 aliphatic heterocycles. The Kier molecular flexibility index (Phi) is 12.1. The average molecular weight is 394 g/mol. The van der Waals surface area contributed by atoms with E-state index in [4.69, 9.17) is 18.7 Å². The summed E-state index contributed by atoms with van der Waals surface area (Å²) in [6.45, 7) is 5.74. The van der Waals surface area contributed by atoms with E-state index in [0.717, 1.165) is 13.0 Å². The number of esters is 1. The van der Waals surface area contributed by atoms with Crippen LogP contribution >= 0.6 is 0 Å². The molecular weight excluding hydrogens is 364 g/mol. The molecular formula is C20H30N2O6. The first-order chi connectivity index (χ1) is 13.6. The molecule has 0 fully saturated rings. The zero-order valence-electron chi connectivity index (χ0n) is 16.9. The van der Waals surface area contributed by atoms with Gasteiger partial charge >= 0.3 is 12.1 Å².